The summed E-state index contributed by atoms with van der Waals surface area (Å²) in [5.74, 6) is 0. The van der Waals surface area contributed by atoms with Crippen molar-refractivity contribution in [3.63, 3.8) is 0 Å². The van der Waals surface area contributed by atoms with Gasteiger partial charge in [-0.2, -0.15) is 0 Å². The lowest BCUT2D eigenvalue weighted by molar-refractivity contribution is 1.27. The van der Waals surface area contributed by atoms with Crippen molar-refractivity contribution in [1.82, 2.24) is 0 Å². The molecule has 1 aromatic rings. The second kappa shape index (κ2) is 4.33. The largest absolute Gasteiger partial charge is 0.404 e. The van der Waals surface area contributed by atoms with Gasteiger partial charge in [0.1, 0.15) is 0 Å². The van der Waals surface area contributed by atoms with E-state index in [-0.39, 0.29) is 0 Å². The molecule has 6 N–H and O–H groups in total. The van der Waals surface area contributed by atoms with Crippen LogP contribution in [0.2, 0.25) is 0 Å². The van der Waals surface area contributed by atoms with Crippen LogP contribution in [0.3, 0.4) is 0 Å². The zero-order valence-corrected chi connectivity index (χ0v) is 9.75. The Hall–Kier alpha value is -2.23. The molecule has 2 rings (SSSR count). The molecule has 1 aromatic carbocycles. The van der Waals surface area contributed by atoms with Gasteiger partial charge in [0.2, 0.25) is 0 Å². The molecule has 0 saturated carbocycles. The van der Waals surface area contributed by atoms with E-state index in [9.17, 15) is 0 Å². The van der Waals surface area contributed by atoms with Crippen LogP contribution in [-0.2, 0) is 0 Å². The van der Waals surface area contributed by atoms with Crippen molar-refractivity contribution in [2.24, 2.45) is 11.5 Å². The van der Waals surface area contributed by atoms with Crippen molar-refractivity contribution < 1.29 is 0 Å². The van der Waals surface area contributed by atoms with E-state index in [0.29, 0.717) is 5.71 Å². The van der Waals surface area contributed by atoms with Gasteiger partial charge in [0.05, 0.1) is 0 Å². The topological polar surface area (TPSA) is 87.9 Å². The van der Waals surface area contributed by atoms with Gasteiger partial charge in [-0.15, -0.1) is 0 Å². The van der Waals surface area contributed by atoms with Crippen molar-refractivity contribution in [2.75, 3.05) is 11.9 Å². The summed E-state index contributed by atoms with van der Waals surface area (Å²) >= 11 is 0. The Morgan fingerprint density at radius 3 is 2.88 bits per heavy atom. The molecule has 1 aliphatic rings. The number of fused-ring (bicyclic) bond motifs is 1. The standard InChI is InChI=1S/C13H16N4/c1-8(15)11(7-14)9-2-3-13-10(6-9)12(16)4-5-17-13/h2-4,6-7,15,17H,5,14,16H2,1H3/b11-7+,15-8?. The number of rotatable bonds is 2. The van der Waals surface area contributed by atoms with Gasteiger partial charge in [-0.3, -0.25) is 0 Å². The summed E-state index contributed by atoms with van der Waals surface area (Å²) in [6, 6.07) is 5.88. The van der Waals surface area contributed by atoms with E-state index in [2.05, 4.69) is 5.32 Å². The fourth-order valence-electron chi connectivity index (χ4n) is 1.92. The van der Waals surface area contributed by atoms with Crippen LogP contribution in [0.5, 0.6) is 0 Å². The molecule has 0 saturated heterocycles. The van der Waals surface area contributed by atoms with Crippen LogP contribution in [-0.4, -0.2) is 12.3 Å². The molecular formula is C13H16N4. The smallest absolute Gasteiger partial charge is 0.0437 e. The fourth-order valence-corrected chi connectivity index (χ4v) is 1.92. The van der Waals surface area contributed by atoms with Crippen LogP contribution in [0.25, 0.3) is 11.3 Å². The number of hydrogen-bond acceptors (Lipinski definition) is 4. The average Bonchev–Trinajstić information content (AvgIpc) is 2.30. The monoisotopic (exact) mass is 228 g/mol. The van der Waals surface area contributed by atoms with Crippen LogP contribution in [0.15, 0.2) is 30.5 Å². The molecule has 0 amide bonds. The summed E-state index contributed by atoms with van der Waals surface area (Å²) in [5.41, 5.74) is 16.3. The summed E-state index contributed by atoms with van der Waals surface area (Å²) in [6.07, 6.45) is 3.40. The summed E-state index contributed by atoms with van der Waals surface area (Å²) < 4.78 is 0. The van der Waals surface area contributed by atoms with E-state index >= 15 is 0 Å². The van der Waals surface area contributed by atoms with E-state index in [4.69, 9.17) is 16.9 Å². The van der Waals surface area contributed by atoms with Gasteiger partial charge in [0.25, 0.3) is 0 Å². The third-order valence-corrected chi connectivity index (χ3v) is 2.83. The highest BCUT2D eigenvalue weighted by atomic mass is 14.9. The van der Waals surface area contributed by atoms with Crippen LogP contribution in [0.1, 0.15) is 18.1 Å². The van der Waals surface area contributed by atoms with Crippen molar-refractivity contribution in [3.05, 3.63) is 41.6 Å². The Kier molecular flexibility index (Phi) is 2.87. The Morgan fingerprint density at radius 2 is 2.24 bits per heavy atom. The average molecular weight is 228 g/mol. The van der Waals surface area contributed by atoms with Gasteiger partial charge in [0.15, 0.2) is 0 Å². The molecule has 4 heteroatoms. The van der Waals surface area contributed by atoms with Crippen LogP contribution >= 0.6 is 0 Å². The minimum Gasteiger partial charge on any atom is -0.404 e. The summed E-state index contributed by atoms with van der Waals surface area (Å²) in [7, 11) is 0. The Bertz CT molecular complexity index is 526. The molecule has 4 nitrogen and oxygen atoms in total. The first-order valence-electron chi connectivity index (χ1n) is 5.45. The first-order chi connectivity index (χ1) is 8.13. The Balaban J connectivity index is 2.51. The number of benzene rings is 1. The quantitative estimate of drug-likeness (QED) is 0.581. The predicted octanol–water partition coefficient (Wildman–Crippen LogP) is 1.75. The zero-order valence-electron chi connectivity index (χ0n) is 9.75. The van der Waals surface area contributed by atoms with E-state index in [1.807, 2.05) is 24.3 Å². The maximum atomic E-state index is 7.67. The fraction of sp³-hybridized carbons (Fsp3) is 0.154. The van der Waals surface area contributed by atoms with Gasteiger partial charge in [-0.05, 0) is 30.7 Å². The number of anilines is 1. The molecule has 0 fully saturated rings. The zero-order chi connectivity index (χ0) is 12.4. The summed E-state index contributed by atoms with van der Waals surface area (Å²) in [5, 5.41) is 10.9. The Labute approximate surface area is 101 Å². The lowest BCUT2D eigenvalue weighted by Gasteiger charge is -2.18. The van der Waals surface area contributed by atoms with Crippen LogP contribution in [0, 0.1) is 5.41 Å². The van der Waals surface area contributed by atoms with E-state index < -0.39 is 0 Å². The second-order valence-electron chi connectivity index (χ2n) is 4.01. The van der Waals surface area contributed by atoms with Crippen LogP contribution in [0.4, 0.5) is 5.69 Å². The molecule has 0 radical (unpaired) electrons. The molecule has 0 aliphatic carbocycles. The Morgan fingerprint density at radius 1 is 1.47 bits per heavy atom. The maximum absolute atomic E-state index is 7.67. The van der Waals surface area contributed by atoms with E-state index in [1.165, 1.54) is 6.20 Å². The van der Waals surface area contributed by atoms with Crippen molar-refractivity contribution in [2.45, 2.75) is 6.92 Å². The third kappa shape index (κ3) is 2.01. The first kappa shape index (κ1) is 11.3. The number of nitrogens with one attached hydrogen (secondary N) is 2. The lowest BCUT2D eigenvalue weighted by atomic mass is 9.97. The molecule has 88 valence electrons. The minimum atomic E-state index is 0.443. The molecule has 0 unspecified atom stereocenters. The highest BCUT2D eigenvalue weighted by Crippen LogP contribution is 2.28. The maximum Gasteiger partial charge on any atom is 0.0437 e. The van der Waals surface area contributed by atoms with Crippen molar-refractivity contribution in [3.8, 4) is 0 Å². The first-order valence-corrected chi connectivity index (χ1v) is 5.45. The van der Waals surface area contributed by atoms with Gasteiger partial charge in [-0.1, -0.05) is 6.07 Å². The van der Waals surface area contributed by atoms with Gasteiger partial charge in [0, 0.05) is 41.0 Å². The highest BCUT2D eigenvalue weighted by Gasteiger charge is 2.12. The summed E-state index contributed by atoms with van der Waals surface area (Å²) in [6.45, 7) is 2.47. The normalized spacial score (nSPS) is 14.6. The molecule has 1 aliphatic heterocycles. The molecule has 0 spiro atoms. The van der Waals surface area contributed by atoms with Crippen molar-refractivity contribution >= 4 is 22.7 Å². The molecule has 0 atom stereocenters. The third-order valence-electron chi connectivity index (χ3n) is 2.83. The molecule has 0 bridgehead atoms. The summed E-state index contributed by atoms with van der Waals surface area (Å²) in [4.78, 5) is 0. The lowest BCUT2D eigenvalue weighted by Crippen LogP contribution is -2.12. The molecule has 17 heavy (non-hydrogen) atoms. The minimum absolute atomic E-state index is 0.443. The number of hydrogen-bond donors (Lipinski definition) is 4. The van der Waals surface area contributed by atoms with E-state index in [1.54, 1.807) is 6.92 Å². The SMILES string of the molecule is CC(=N)/C(=C\N)c1ccc2c(c1)C(N)=CCN2. The van der Waals surface area contributed by atoms with Gasteiger partial charge >= 0.3 is 0 Å². The molecule has 1 heterocycles. The van der Waals surface area contributed by atoms with E-state index in [0.717, 1.165) is 34.6 Å². The number of nitrogens with two attached hydrogens (primary N) is 2. The number of allylic oxidation sites excluding steroid dienone is 1. The predicted molar refractivity (Wildman–Crippen MR) is 72.7 cm³/mol. The van der Waals surface area contributed by atoms with Crippen LogP contribution < -0.4 is 16.8 Å². The molecule has 0 aromatic heterocycles. The van der Waals surface area contributed by atoms with Gasteiger partial charge in [-0.25, -0.2) is 0 Å². The van der Waals surface area contributed by atoms with Crippen molar-refractivity contribution in [1.29, 1.82) is 5.41 Å². The molecular weight excluding hydrogens is 212 g/mol. The highest BCUT2D eigenvalue weighted by molar-refractivity contribution is 6.21. The van der Waals surface area contributed by atoms with Gasteiger partial charge < -0.3 is 22.2 Å². The second-order valence-corrected chi connectivity index (χ2v) is 4.01.